The lowest BCUT2D eigenvalue weighted by Gasteiger charge is -2.02. The number of nitrogens with zero attached hydrogens (tertiary/aromatic N) is 3. The van der Waals surface area contributed by atoms with Gasteiger partial charge in [-0.05, 0) is 18.2 Å². The van der Waals surface area contributed by atoms with Crippen LogP contribution in [0, 0.1) is 0 Å². The molecule has 2 heterocycles. The molecular weight excluding hydrogens is 248 g/mol. The fourth-order valence-electron chi connectivity index (χ4n) is 1.55. The molecule has 0 aliphatic heterocycles. The number of hydrogen-bond donors (Lipinski definition) is 2. The Labute approximate surface area is 108 Å². The van der Waals surface area contributed by atoms with Gasteiger partial charge >= 0.3 is 5.97 Å². The highest BCUT2D eigenvalue weighted by Crippen LogP contribution is 2.03. The van der Waals surface area contributed by atoms with Crippen molar-refractivity contribution in [3.63, 3.8) is 0 Å². The lowest BCUT2D eigenvalue weighted by molar-refractivity contribution is 0.0690. The molecule has 19 heavy (non-hydrogen) atoms. The van der Waals surface area contributed by atoms with E-state index in [4.69, 9.17) is 5.11 Å². The van der Waals surface area contributed by atoms with Crippen LogP contribution in [0.4, 0.5) is 0 Å². The lowest BCUT2D eigenvalue weighted by atomic mass is 10.3. The Morgan fingerprint density at radius 3 is 2.79 bits per heavy atom. The lowest BCUT2D eigenvalue weighted by Crippen LogP contribution is -2.18. The normalized spacial score (nSPS) is 10.2. The average Bonchev–Trinajstić information content (AvgIpc) is 2.86. The van der Waals surface area contributed by atoms with Crippen molar-refractivity contribution in [1.82, 2.24) is 20.1 Å². The number of carboxylic acids is 1. The van der Waals surface area contributed by atoms with Crippen molar-refractivity contribution in [2.75, 3.05) is 7.05 Å². The van der Waals surface area contributed by atoms with Gasteiger partial charge in [0.05, 0.1) is 12.2 Å². The number of carbonyl (C=O) groups is 2. The maximum atomic E-state index is 11.3. The minimum atomic E-state index is -1.08. The molecule has 7 heteroatoms. The molecule has 0 atom stereocenters. The van der Waals surface area contributed by atoms with Crippen molar-refractivity contribution in [3.05, 3.63) is 47.5 Å². The van der Waals surface area contributed by atoms with Crippen LogP contribution in [0.5, 0.6) is 0 Å². The van der Waals surface area contributed by atoms with Gasteiger partial charge in [0, 0.05) is 13.2 Å². The van der Waals surface area contributed by atoms with E-state index in [9.17, 15) is 9.59 Å². The average molecular weight is 260 g/mol. The Morgan fingerprint density at radius 2 is 2.11 bits per heavy atom. The number of pyridine rings is 1. The van der Waals surface area contributed by atoms with E-state index < -0.39 is 5.97 Å². The molecule has 0 radical (unpaired) electrons. The van der Waals surface area contributed by atoms with Crippen LogP contribution in [0.15, 0.2) is 30.5 Å². The van der Waals surface area contributed by atoms with Crippen molar-refractivity contribution in [1.29, 1.82) is 0 Å². The molecule has 2 N–H and O–H groups in total. The smallest absolute Gasteiger partial charge is 0.354 e. The summed E-state index contributed by atoms with van der Waals surface area (Å²) in [5, 5.41) is 15.4. The molecule has 0 saturated heterocycles. The summed E-state index contributed by atoms with van der Waals surface area (Å²) in [7, 11) is 1.53. The van der Waals surface area contributed by atoms with E-state index in [1.165, 1.54) is 17.8 Å². The highest BCUT2D eigenvalue weighted by atomic mass is 16.4. The second-order valence-electron chi connectivity index (χ2n) is 3.80. The summed E-state index contributed by atoms with van der Waals surface area (Å²) in [6.45, 7) is 0.304. The standard InChI is InChI=1S/C12H12N4O3/c1-13-11(17)9-5-6-16(15-9)7-8-3-2-4-10(14-8)12(18)19/h2-6H,7H2,1H3,(H,13,17)(H,18,19). The van der Waals surface area contributed by atoms with Crippen LogP contribution in [-0.2, 0) is 6.54 Å². The number of aromatic carboxylic acids is 1. The minimum absolute atomic E-state index is 0.0174. The van der Waals surface area contributed by atoms with E-state index in [0.717, 1.165) is 0 Å². The topological polar surface area (TPSA) is 97.1 Å². The summed E-state index contributed by atoms with van der Waals surface area (Å²) < 4.78 is 1.53. The summed E-state index contributed by atoms with van der Waals surface area (Å²) in [4.78, 5) is 26.1. The van der Waals surface area contributed by atoms with Crippen molar-refractivity contribution in [3.8, 4) is 0 Å². The molecule has 2 rings (SSSR count). The molecule has 7 nitrogen and oxygen atoms in total. The van der Waals surface area contributed by atoms with E-state index in [0.29, 0.717) is 17.9 Å². The van der Waals surface area contributed by atoms with Crippen LogP contribution in [0.3, 0.4) is 0 Å². The molecule has 0 bridgehead atoms. The summed E-state index contributed by atoms with van der Waals surface area (Å²) >= 11 is 0. The second-order valence-corrected chi connectivity index (χ2v) is 3.80. The first-order valence-electron chi connectivity index (χ1n) is 5.55. The maximum absolute atomic E-state index is 11.3. The zero-order chi connectivity index (χ0) is 13.8. The van der Waals surface area contributed by atoms with E-state index in [1.807, 2.05) is 0 Å². The molecule has 0 aliphatic carbocycles. The fourth-order valence-corrected chi connectivity index (χ4v) is 1.55. The van der Waals surface area contributed by atoms with Crippen molar-refractivity contribution >= 4 is 11.9 Å². The van der Waals surface area contributed by atoms with Gasteiger partial charge in [0.15, 0.2) is 0 Å². The van der Waals surface area contributed by atoms with Crippen LogP contribution >= 0.6 is 0 Å². The predicted octanol–water partition coefficient (Wildman–Crippen LogP) is 0.384. The van der Waals surface area contributed by atoms with Crippen LogP contribution in [0.2, 0.25) is 0 Å². The summed E-state index contributed by atoms with van der Waals surface area (Å²) in [5.74, 6) is -1.35. The monoisotopic (exact) mass is 260 g/mol. The molecule has 0 spiro atoms. The van der Waals surface area contributed by atoms with Gasteiger partial charge in [0.25, 0.3) is 5.91 Å². The van der Waals surface area contributed by atoms with Gasteiger partial charge in [-0.15, -0.1) is 0 Å². The number of carboxylic acid groups (broad SMARTS) is 1. The Kier molecular flexibility index (Phi) is 3.56. The molecule has 2 aromatic heterocycles. The van der Waals surface area contributed by atoms with Gasteiger partial charge in [-0.1, -0.05) is 6.07 Å². The van der Waals surface area contributed by atoms with E-state index in [2.05, 4.69) is 15.4 Å². The first-order valence-corrected chi connectivity index (χ1v) is 5.55. The number of amides is 1. The van der Waals surface area contributed by atoms with Crippen molar-refractivity contribution in [2.24, 2.45) is 0 Å². The highest BCUT2D eigenvalue weighted by Gasteiger charge is 2.09. The number of carbonyl (C=O) groups excluding carboxylic acids is 1. The molecule has 0 fully saturated rings. The predicted molar refractivity (Wildman–Crippen MR) is 65.9 cm³/mol. The molecular formula is C12H12N4O3. The second kappa shape index (κ2) is 5.30. The van der Waals surface area contributed by atoms with Gasteiger partial charge in [0.2, 0.25) is 0 Å². The van der Waals surface area contributed by atoms with Gasteiger partial charge in [-0.2, -0.15) is 5.10 Å². The SMILES string of the molecule is CNC(=O)c1ccn(Cc2cccc(C(=O)O)n2)n1. The van der Waals surface area contributed by atoms with E-state index >= 15 is 0 Å². The number of nitrogens with one attached hydrogen (secondary N) is 1. The van der Waals surface area contributed by atoms with Gasteiger partial charge in [-0.3, -0.25) is 9.48 Å². The Bertz CT molecular complexity index is 621. The quantitative estimate of drug-likeness (QED) is 0.828. The molecule has 0 saturated carbocycles. The Morgan fingerprint density at radius 1 is 1.32 bits per heavy atom. The third-order valence-electron chi connectivity index (χ3n) is 2.45. The zero-order valence-electron chi connectivity index (χ0n) is 10.2. The number of hydrogen-bond acceptors (Lipinski definition) is 4. The van der Waals surface area contributed by atoms with Crippen molar-refractivity contribution in [2.45, 2.75) is 6.54 Å². The first-order chi connectivity index (χ1) is 9.10. The molecule has 0 unspecified atom stereocenters. The highest BCUT2D eigenvalue weighted by molar-refractivity contribution is 5.91. The molecule has 98 valence electrons. The first kappa shape index (κ1) is 12.7. The van der Waals surface area contributed by atoms with Crippen LogP contribution in [0.25, 0.3) is 0 Å². The van der Waals surface area contributed by atoms with E-state index in [-0.39, 0.29) is 11.6 Å². The fraction of sp³-hybridized carbons (Fsp3) is 0.167. The third kappa shape index (κ3) is 2.95. The van der Waals surface area contributed by atoms with Crippen LogP contribution in [-0.4, -0.2) is 38.8 Å². The molecule has 0 aromatic carbocycles. The van der Waals surface area contributed by atoms with Crippen LogP contribution < -0.4 is 5.32 Å². The van der Waals surface area contributed by atoms with E-state index in [1.54, 1.807) is 24.4 Å². The minimum Gasteiger partial charge on any atom is -0.477 e. The number of aromatic nitrogens is 3. The van der Waals surface area contributed by atoms with Crippen molar-refractivity contribution < 1.29 is 14.7 Å². The summed E-state index contributed by atoms with van der Waals surface area (Å²) in [5.41, 5.74) is 0.847. The molecule has 2 aromatic rings. The molecule has 1 amide bonds. The summed E-state index contributed by atoms with van der Waals surface area (Å²) in [6, 6.07) is 6.33. The van der Waals surface area contributed by atoms with Crippen LogP contribution in [0.1, 0.15) is 26.7 Å². The summed E-state index contributed by atoms with van der Waals surface area (Å²) in [6.07, 6.45) is 1.64. The maximum Gasteiger partial charge on any atom is 0.354 e. The van der Waals surface area contributed by atoms with Gasteiger partial charge in [0.1, 0.15) is 11.4 Å². The number of rotatable bonds is 4. The largest absolute Gasteiger partial charge is 0.477 e. The zero-order valence-corrected chi connectivity index (χ0v) is 10.2. The third-order valence-corrected chi connectivity index (χ3v) is 2.45. The van der Waals surface area contributed by atoms with Gasteiger partial charge in [-0.25, -0.2) is 9.78 Å². The molecule has 0 aliphatic rings. The Balaban J connectivity index is 2.17. The van der Waals surface area contributed by atoms with Gasteiger partial charge < -0.3 is 10.4 Å². The Hall–Kier alpha value is -2.70.